The molecule has 0 bridgehead atoms. The van der Waals surface area contributed by atoms with Gasteiger partial charge in [-0.25, -0.2) is 4.98 Å². The maximum absolute atomic E-state index is 5.99. The zero-order valence-corrected chi connectivity index (χ0v) is 11.9. The van der Waals surface area contributed by atoms with E-state index in [0.29, 0.717) is 11.4 Å². The molecule has 0 amide bonds. The smallest absolute Gasteiger partial charge is 0.122 e. The standard InChI is InChI=1S/C12H12BrClN2O/c1-16-7-15-10(12(16)13)6-8-5-9(14)3-4-11(8)17-2/h3-5,7H,6H2,1-2H3. The number of nitrogens with zero attached hydrogens (tertiary/aromatic N) is 2. The van der Waals surface area contributed by atoms with Crippen molar-refractivity contribution in [3.8, 4) is 5.75 Å². The van der Waals surface area contributed by atoms with E-state index in [-0.39, 0.29) is 0 Å². The lowest BCUT2D eigenvalue weighted by molar-refractivity contribution is 0.410. The van der Waals surface area contributed by atoms with Gasteiger partial charge in [-0.05, 0) is 34.1 Å². The topological polar surface area (TPSA) is 27.1 Å². The summed E-state index contributed by atoms with van der Waals surface area (Å²) in [7, 11) is 3.59. The van der Waals surface area contributed by atoms with Crippen molar-refractivity contribution in [1.29, 1.82) is 0 Å². The van der Waals surface area contributed by atoms with Crippen LogP contribution in [0.4, 0.5) is 0 Å². The number of benzene rings is 1. The third-order valence-electron chi connectivity index (χ3n) is 2.53. The number of hydrogen-bond donors (Lipinski definition) is 0. The van der Waals surface area contributed by atoms with Crippen molar-refractivity contribution < 1.29 is 4.74 Å². The van der Waals surface area contributed by atoms with Gasteiger partial charge < -0.3 is 9.30 Å². The highest BCUT2D eigenvalue weighted by Crippen LogP contribution is 2.26. The zero-order chi connectivity index (χ0) is 12.4. The Morgan fingerprint density at radius 3 is 2.82 bits per heavy atom. The summed E-state index contributed by atoms with van der Waals surface area (Å²) in [4.78, 5) is 4.33. The maximum atomic E-state index is 5.99. The van der Waals surface area contributed by atoms with Crippen LogP contribution in [0.1, 0.15) is 11.3 Å². The van der Waals surface area contributed by atoms with Gasteiger partial charge in [-0.15, -0.1) is 0 Å². The monoisotopic (exact) mass is 314 g/mol. The lowest BCUT2D eigenvalue weighted by atomic mass is 10.1. The molecule has 1 aromatic heterocycles. The number of rotatable bonds is 3. The van der Waals surface area contributed by atoms with Crippen LogP contribution in [0.15, 0.2) is 29.1 Å². The van der Waals surface area contributed by atoms with Gasteiger partial charge in [-0.2, -0.15) is 0 Å². The number of ether oxygens (including phenoxy) is 1. The van der Waals surface area contributed by atoms with Crippen LogP contribution in [0.25, 0.3) is 0 Å². The first-order valence-electron chi connectivity index (χ1n) is 5.10. The first-order valence-corrected chi connectivity index (χ1v) is 6.27. The van der Waals surface area contributed by atoms with Gasteiger partial charge in [0.15, 0.2) is 0 Å². The second-order valence-electron chi connectivity index (χ2n) is 3.73. The zero-order valence-electron chi connectivity index (χ0n) is 9.58. The van der Waals surface area contributed by atoms with Crippen LogP contribution in [0.5, 0.6) is 5.75 Å². The lowest BCUT2D eigenvalue weighted by Crippen LogP contribution is -1.95. The fraction of sp³-hybridized carbons (Fsp3) is 0.250. The Balaban J connectivity index is 2.35. The molecule has 1 heterocycles. The molecule has 0 aliphatic heterocycles. The van der Waals surface area contributed by atoms with Crippen molar-refractivity contribution >= 4 is 27.5 Å². The Kier molecular flexibility index (Phi) is 3.74. The SMILES string of the molecule is COc1ccc(Cl)cc1Cc1ncn(C)c1Br. The fourth-order valence-electron chi connectivity index (χ4n) is 1.65. The molecule has 0 unspecified atom stereocenters. The molecule has 0 aliphatic carbocycles. The highest BCUT2D eigenvalue weighted by Gasteiger charge is 2.10. The predicted molar refractivity (Wildman–Crippen MR) is 71.7 cm³/mol. The highest BCUT2D eigenvalue weighted by atomic mass is 79.9. The van der Waals surface area contributed by atoms with Crippen molar-refractivity contribution in [2.24, 2.45) is 7.05 Å². The molecule has 0 N–H and O–H groups in total. The number of hydrogen-bond acceptors (Lipinski definition) is 2. The molecule has 0 aliphatic rings. The van der Waals surface area contributed by atoms with Crippen molar-refractivity contribution in [2.45, 2.75) is 6.42 Å². The minimum absolute atomic E-state index is 0.686. The van der Waals surface area contributed by atoms with Gasteiger partial charge in [-0.3, -0.25) is 0 Å². The molecule has 17 heavy (non-hydrogen) atoms. The van der Waals surface area contributed by atoms with Crippen LogP contribution in [0.3, 0.4) is 0 Å². The van der Waals surface area contributed by atoms with Gasteiger partial charge in [-0.1, -0.05) is 11.6 Å². The lowest BCUT2D eigenvalue weighted by Gasteiger charge is -2.08. The maximum Gasteiger partial charge on any atom is 0.122 e. The molecular formula is C12H12BrClN2O. The molecule has 1 aromatic carbocycles. The van der Waals surface area contributed by atoms with E-state index in [1.807, 2.05) is 29.8 Å². The first kappa shape index (κ1) is 12.5. The molecule has 5 heteroatoms. The summed E-state index contributed by atoms with van der Waals surface area (Å²) in [5.41, 5.74) is 1.99. The number of aromatic nitrogens is 2. The number of methoxy groups -OCH3 is 1. The molecule has 0 fully saturated rings. The van der Waals surface area contributed by atoms with Crippen LogP contribution in [0.2, 0.25) is 5.02 Å². The van der Waals surface area contributed by atoms with E-state index in [4.69, 9.17) is 16.3 Å². The molecule has 0 saturated carbocycles. The van der Waals surface area contributed by atoms with Crippen LogP contribution in [-0.4, -0.2) is 16.7 Å². The molecule has 3 nitrogen and oxygen atoms in total. The minimum Gasteiger partial charge on any atom is -0.496 e. The second kappa shape index (κ2) is 5.10. The normalized spacial score (nSPS) is 10.6. The van der Waals surface area contributed by atoms with Crippen LogP contribution in [-0.2, 0) is 13.5 Å². The first-order chi connectivity index (χ1) is 8.11. The fourth-order valence-corrected chi connectivity index (χ4v) is 2.18. The quantitative estimate of drug-likeness (QED) is 0.867. The van der Waals surface area contributed by atoms with Crippen molar-refractivity contribution in [3.63, 3.8) is 0 Å². The van der Waals surface area contributed by atoms with Crippen molar-refractivity contribution in [1.82, 2.24) is 9.55 Å². The molecule has 0 atom stereocenters. The van der Waals surface area contributed by atoms with Gasteiger partial charge in [0.2, 0.25) is 0 Å². The average molecular weight is 316 g/mol. The number of imidazole rings is 1. The van der Waals surface area contributed by atoms with Crippen molar-refractivity contribution in [2.75, 3.05) is 7.11 Å². The molecule has 90 valence electrons. The van der Waals surface area contributed by atoms with E-state index in [1.54, 1.807) is 13.4 Å². The predicted octanol–water partition coefficient (Wildman–Crippen LogP) is 3.44. The van der Waals surface area contributed by atoms with Crippen molar-refractivity contribution in [3.05, 3.63) is 45.4 Å². The third-order valence-corrected chi connectivity index (χ3v) is 3.79. The van der Waals surface area contributed by atoms with Gasteiger partial charge in [0, 0.05) is 24.1 Å². The molecule has 2 aromatic rings. The number of halogens is 2. The van der Waals surface area contributed by atoms with E-state index in [2.05, 4.69) is 20.9 Å². The van der Waals surface area contributed by atoms with Gasteiger partial charge in [0.25, 0.3) is 0 Å². The summed E-state index contributed by atoms with van der Waals surface area (Å²) in [5.74, 6) is 0.826. The van der Waals surface area contributed by atoms with E-state index < -0.39 is 0 Å². The third kappa shape index (κ3) is 2.64. The Morgan fingerprint density at radius 2 is 2.24 bits per heavy atom. The summed E-state index contributed by atoms with van der Waals surface area (Å²) in [6.07, 6.45) is 2.46. The summed E-state index contributed by atoms with van der Waals surface area (Å²) in [5, 5.41) is 0.702. The van der Waals surface area contributed by atoms with Gasteiger partial charge in [0.1, 0.15) is 10.4 Å². The van der Waals surface area contributed by atoms with Gasteiger partial charge in [0.05, 0.1) is 19.1 Å². The molecule has 0 saturated heterocycles. The molecule has 0 spiro atoms. The largest absolute Gasteiger partial charge is 0.496 e. The van der Waals surface area contributed by atoms with Gasteiger partial charge >= 0.3 is 0 Å². The number of aryl methyl sites for hydroxylation is 1. The Labute approximate surface area is 114 Å². The molecule has 2 rings (SSSR count). The highest BCUT2D eigenvalue weighted by molar-refractivity contribution is 9.10. The minimum atomic E-state index is 0.686. The summed E-state index contributed by atoms with van der Waals surface area (Å²) >= 11 is 9.49. The van der Waals surface area contributed by atoms with Crippen LogP contribution >= 0.6 is 27.5 Å². The Morgan fingerprint density at radius 1 is 1.47 bits per heavy atom. The van der Waals surface area contributed by atoms with E-state index in [9.17, 15) is 0 Å². The second-order valence-corrected chi connectivity index (χ2v) is 4.91. The Bertz CT molecular complexity index is 539. The van der Waals surface area contributed by atoms with E-state index in [0.717, 1.165) is 21.6 Å². The van der Waals surface area contributed by atoms with Crippen LogP contribution in [0, 0.1) is 0 Å². The summed E-state index contributed by atoms with van der Waals surface area (Å²) in [6, 6.07) is 5.59. The Hall–Kier alpha value is -1.00. The average Bonchev–Trinajstić information content (AvgIpc) is 2.61. The summed E-state index contributed by atoms with van der Waals surface area (Å²) in [6.45, 7) is 0. The van der Waals surface area contributed by atoms with E-state index in [1.165, 1.54) is 0 Å². The van der Waals surface area contributed by atoms with E-state index >= 15 is 0 Å². The van der Waals surface area contributed by atoms with Crippen LogP contribution < -0.4 is 4.74 Å². The molecule has 0 radical (unpaired) electrons. The summed E-state index contributed by atoms with van der Waals surface area (Å²) < 4.78 is 8.21. The molecular weight excluding hydrogens is 304 g/mol.